The predicted octanol–water partition coefficient (Wildman–Crippen LogP) is 5.57. The van der Waals surface area contributed by atoms with Gasteiger partial charge in [0, 0.05) is 34.5 Å². The molecule has 1 fully saturated rings. The summed E-state index contributed by atoms with van der Waals surface area (Å²) in [5.41, 5.74) is 12.4. The minimum atomic E-state index is -0.704. The highest BCUT2D eigenvalue weighted by atomic mass is 19.1. The summed E-state index contributed by atoms with van der Waals surface area (Å²) >= 11 is 0. The minimum absolute atomic E-state index is 0.280. The van der Waals surface area contributed by atoms with Crippen molar-refractivity contribution >= 4 is 5.65 Å². The fourth-order valence-corrected chi connectivity index (χ4v) is 5.20. The van der Waals surface area contributed by atoms with E-state index in [1.807, 2.05) is 61.7 Å². The number of nitrogens with two attached hydrogens (primary N) is 1. The first-order valence-electron chi connectivity index (χ1n) is 11.6. The molecule has 1 saturated carbocycles. The van der Waals surface area contributed by atoms with Crippen LogP contribution in [0.4, 0.5) is 4.39 Å². The van der Waals surface area contributed by atoms with Crippen molar-refractivity contribution in [1.29, 1.82) is 0 Å². The molecular weight excluding hydrogens is 439 g/mol. The number of rotatable bonds is 4. The lowest BCUT2D eigenvalue weighted by molar-refractivity contribution is -0.0738. The van der Waals surface area contributed by atoms with Crippen molar-refractivity contribution in [2.24, 2.45) is 5.73 Å². The summed E-state index contributed by atoms with van der Waals surface area (Å²) in [7, 11) is 0. The molecule has 3 N–H and O–H groups in total. The maximum atomic E-state index is 13.4. The fraction of sp³-hybridized carbons (Fsp3) is 0.172. The summed E-state index contributed by atoms with van der Waals surface area (Å²) < 4.78 is 15.2. The monoisotopic (exact) mass is 464 g/mol. The van der Waals surface area contributed by atoms with Gasteiger partial charge in [0.2, 0.25) is 0 Å². The number of benzene rings is 3. The summed E-state index contributed by atoms with van der Waals surface area (Å²) in [5.74, 6) is -0.280. The van der Waals surface area contributed by atoms with E-state index >= 15 is 0 Å². The second-order valence-corrected chi connectivity index (χ2v) is 9.79. The van der Waals surface area contributed by atoms with Gasteiger partial charge < -0.3 is 10.8 Å². The van der Waals surface area contributed by atoms with Crippen LogP contribution in [0.3, 0.4) is 0 Å². The Balaban J connectivity index is 1.45. The molecule has 0 spiro atoms. The Hall–Kier alpha value is -3.87. The molecule has 6 heteroatoms. The van der Waals surface area contributed by atoms with E-state index in [-0.39, 0.29) is 5.82 Å². The lowest BCUT2D eigenvalue weighted by atomic mass is 9.63. The second-order valence-electron chi connectivity index (χ2n) is 9.79. The van der Waals surface area contributed by atoms with Crippen LogP contribution in [0, 0.1) is 5.82 Å². The lowest BCUT2D eigenvalue weighted by Crippen LogP contribution is -2.58. The third-order valence-electron chi connectivity index (χ3n) is 6.80. The highest BCUT2D eigenvalue weighted by Gasteiger charge is 2.49. The van der Waals surface area contributed by atoms with Gasteiger partial charge in [-0.3, -0.25) is 0 Å². The number of aromatic nitrogens is 3. The van der Waals surface area contributed by atoms with Crippen LogP contribution in [0.1, 0.15) is 25.3 Å². The fourth-order valence-electron chi connectivity index (χ4n) is 5.20. The molecule has 0 bridgehead atoms. The first-order chi connectivity index (χ1) is 16.8. The zero-order valence-electron chi connectivity index (χ0n) is 19.3. The van der Waals surface area contributed by atoms with Gasteiger partial charge in [0.05, 0.1) is 17.0 Å². The quantitative estimate of drug-likeness (QED) is 0.365. The number of fused-ring (bicyclic) bond motifs is 1. The molecule has 0 aliphatic heterocycles. The topological polar surface area (TPSA) is 76.4 Å². The van der Waals surface area contributed by atoms with Crippen LogP contribution >= 0.6 is 0 Å². The molecule has 35 heavy (non-hydrogen) atoms. The Morgan fingerprint density at radius 1 is 0.886 bits per heavy atom. The Bertz CT molecular complexity index is 1520. The summed E-state index contributed by atoms with van der Waals surface area (Å²) in [5, 5.41) is 14.9. The van der Waals surface area contributed by atoms with Crippen LogP contribution in [-0.2, 0) is 5.54 Å². The van der Waals surface area contributed by atoms with Gasteiger partial charge in [-0.25, -0.2) is 13.9 Å². The molecule has 0 amide bonds. The van der Waals surface area contributed by atoms with Gasteiger partial charge in [-0.2, -0.15) is 5.10 Å². The van der Waals surface area contributed by atoms with Crippen molar-refractivity contribution in [2.45, 2.75) is 30.9 Å². The Labute approximate surface area is 202 Å². The van der Waals surface area contributed by atoms with Gasteiger partial charge in [0.1, 0.15) is 5.82 Å². The van der Waals surface area contributed by atoms with Crippen molar-refractivity contribution in [1.82, 2.24) is 14.6 Å². The lowest BCUT2D eigenvalue weighted by Gasteiger charge is -2.49. The second kappa shape index (κ2) is 7.83. The van der Waals surface area contributed by atoms with Gasteiger partial charge in [-0.05, 0) is 55.2 Å². The molecule has 0 atom stereocenters. The van der Waals surface area contributed by atoms with Gasteiger partial charge >= 0.3 is 0 Å². The van der Waals surface area contributed by atoms with E-state index in [1.54, 1.807) is 16.6 Å². The van der Waals surface area contributed by atoms with Crippen molar-refractivity contribution < 1.29 is 9.50 Å². The van der Waals surface area contributed by atoms with Crippen molar-refractivity contribution in [2.75, 3.05) is 0 Å². The normalized spacial score (nSPS) is 21.7. The third-order valence-corrected chi connectivity index (χ3v) is 6.80. The molecule has 0 saturated heterocycles. The molecule has 0 unspecified atom stereocenters. The summed E-state index contributed by atoms with van der Waals surface area (Å²) in [6, 6.07) is 26.4. The number of halogens is 1. The van der Waals surface area contributed by atoms with Crippen LogP contribution in [0.15, 0.2) is 91.1 Å². The Morgan fingerprint density at radius 3 is 2.20 bits per heavy atom. The Morgan fingerprint density at radius 2 is 1.54 bits per heavy atom. The SMILES string of the molecule is C[C@]1(O)C[C@@](N)(c2ccc(-c3nc4cc(-c5ccc(F)cc5)nn4cc3-c3ccccc3)cc2)C1. The maximum absolute atomic E-state index is 13.4. The van der Waals surface area contributed by atoms with Crippen LogP contribution < -0.4 is 5.73 Å². The first-order valence-corrected chi connectivity index (χ1v) is 11.6. The molecule has 1 aliphatic rings. The van der Waals surface area contributed by atoms with Crippen LogP contribution in [0.25, 0.3) is 39.3 Å². The van der Waals surface area contributed by atoms with E-state index in [0.717, 1.165) is 39.2 Å². The number of hydrogen-bond acceptors (Lipinski definition) is 4. The van der Waals surface area contributed by atoms with Crippen molar-refractivity contribution in [3.8, 4) is 33.6 Å². The molecule has 2 heterocycles. The van der Waals surface area contributed by atoms with E-state index in [4.69, 9.17) is 15.8 Å². The zero-order valence-corrected chi connectivity index (χ0v) is 19.3. The average molecular weight is 465 g/mol. The van der Waals surface area contributed by atoms with Gasteiger partial charge in [-0.15, -0.1) is 0 Å². The van der Waals surface area contributed by atoms with Crippen LogP contribution in [0.2, 0.25) is 0 Å². The van der Waals surface area contributed by atoms with E-state index in [9.17, 15) is 9.50 Å². The molecule has 5 aromatic rings. The molecule has 6 rings (SSSR count). The van der Waals surface area contributed by atoms with Gasteiger partial charge in [-0.1, -0.05) is 54.6 Å². The van der Waals surface area contributed by atoms with E-state index < -0.39 is 11.1 Å². The minimum Gasteiger partial charge on any atom is -0.390 e. The predicted molar refractivity (Wildman–Crippen MR) is 135 cm³/mol. The average Bonchev–Trinajstić information content (AvgIpc) is 3.26. The van der Waals surface area contributed by atoms with Crippen molar-refractivity contribution in [3.63, 3.8) is 0 Å². The Kier molecular flexibility index (Phi) is 4.85. The molecule has 174 valence electrons. The zero-order chi connectivity index (χ0) is 24.2. The highest BCUT2D eigenvalue weighted by molar-refractivity contribution is 5.82. The molecular formula is C29H25FN4O. The standard InChI is InChI=1S/C29H25FN4O/c1-28(35)17-29(31,18-28)22-11-7-21(8-12-22)27-24(19-5-3-2-4-6-19)16-34-26(32-27)15-25(33-34)20-9-13-23(30)14-10-20/h2-16,35H,17-18,31H2,1H3/t28-,29-. The number of nitrogens with zero attached hydrogens (tertiary/aromatic N) is 3. The van der Waals surface area contributed by atoms with Gasteiger partial charge in [0.15, 0.2) is 5.65 Å². The number of hydrogen-bond donors (Lipinski definition) is 2. The third kappa shape index (κ3) is 3.91. The smallest absolute Gasteiger partial charge is 0.156 e. The molecule has 2 aromatic heterocycles. The molecule has 1 aliphatic carbocycles. The summed E-state index contributed by atoms with van der Waals surface area (Å²) in [6.07, 6.45) is 3.07. The molecule has 5 nitrogen and oxygen atoms in total. The van der Waals surface area contributed by atoms with E-state index in [2.05, 4.69) is 12.1 Å². The van der Waals surface area contributed by atoms with E-state index in [0.29, 0.717) is 18.5 Å². The van der Waals surface area contributed by atoms with Crippen LogP contribution in [0.5, 0.6) is 0 Å². The highest BCUT2D eigenvalue weighted by Crippen LogP contribution is 2.46. The van der Waals surface area contributed by atoms with Crippen LogP contribution in [-0.4, -0.2) is 25.3 Å². The summed E-state index contributed by atoms with van der Waals surface area (Å²) in [4.78, 5) is 4.99. The molecule has 3 aromatic carbocycles. The molecule has 0 radical (unpaired) electrons. The largest absolute Gasteiger partial charge is 0.390 e. The number of aliphatic hydroxyl groups is 1. The van der Waals surface area contributed by atoms with E-state index in [1.165, 1.54) is 12.1 Å². The maximum Gasteiger partial charge on any atom is 0.156 e. The summed E-state index contributed by atoms with van der Waals surface area (Å²) in [6.45, 7) is 1.82. The first kappa shape index (κ1) is 21.6. The van der Waals surface area contributed by atoms with Crippen molar-refractivity contribution in [3.05, 3.63) is 103 Å². The van der Waals surface area contributed by atoms with Gasteiger partial charge in [0.25, 0.3) is 0 Å².